The summed E-state index contributed by atoms with van der Waals surface area (Å²) in [6, 6.07) is 0. The number of quaternary nitrogens is 1. The highest BCUT2D eigenvalue weighted by Gasteiger charge is 2.33. The Morgan fingerprint density at radius 3 is 2.38 bits per heavy atom. The van der Waals surface area contributed by atoms with Gasteiger partial charge in [0.1, 0.15) is 19.3 Å². The fourth-order valence-electron chi connectivity index (χ4n) is 3.45. The number of nitrogens with zero attached hydrogens (tertiary/aromatic N) is 2. The van der Waals surface area contributed by atoms with Crippen LogP contribution in [0.25, 0.3) is 0 Å². The Morgan fingerprint density at radius 2 is 1.77 bits per heavy atom. The lowest BCUT2D eigenvalue weighted by molar-refractivity contribution is -0.780. The summed E-state index contributed by atoms with van der Waals surface area (Å²) in [5, 5.41) is 11.1. The predicted octanol–water partition coefficient (Wildman–Crippen LogP) is 3.26. The molecule has 1 rings (SSSR count). The highest BCUT2D eigenvalue weighted by molar-refractivity contribution is 5.82. The van der Waals surface area contributed by atoms with E-state index in [0.717, 1.165) is 12.3 Å². The van der Waals surface area contributed by atoms with Crippen LogP contribution in [-0.2, 0) is 4.79 Å². The van der Waals surface area contributed by atoms with Crippen LogP contribution in [0.4, 0.5) is 0 Å². The summed E-state index contributed by atoms with van der Waals surface area (Å²) in [4.78, 5) is 15.4. The standard InChI is InChI=1S/C21H37N3O2/c1-2-3-4-5-6-7-8-9-10-11-12-13-14-20-23-16-18-24(20,17-15-22)19-21(25)26/h12-13,16,18H,2-11,14-15,17,19,22H2,1H3/b13-12+. The van der Waals surface area contributed by atoms with Gasteiger partial charge in [-0.25, -0.2) is 9.48 Å². The van der Waals surface area contributed by atoms with E-state index >= 15 is 0 Å². The topological polar surface area (TPSA) is 78.5 Å². The molecule has 1 aliphatic rings. The minimum absolute atomic E-state index is 0.0986. The number of carboxylic acids is 1. The van der Waals surface area contributed by atoms with E-state index in [-0.39, 0.29) is 11.0 Å². The molecule has 0 aromatic carbocycles. The Hall–Kier alpha value is -1.46. The number of aliphatic carboxylic acids is 1. The van der Waals surface area contributed by atoms with Crippen LogP contribution in [0.5, 0.6) is 0 Å². The zero-order chi connectivity index (χ0) is 19.1. The van der Waals surface area contributed by atoms with Crippen LogP contribution in [0.15, 0.2) is 29.5 Å². The number of unbranched alkanes of at least 4 members (excludes halogenated alkanes) is 9. The maximum Gasteiger partial charge on any atom is 0.211 e. The Balaban J connectivity index is 2.18. The summed E-state index contributed by atoms with van der Waals surface area (Å²) >= 11 is 0. The molecular weight excluding hydrogens is 326 g/mol. The Morgan fingerprint density at radius 1 is 1.12 bits per heavy atom. The molecule has 26 heavy (non-hydrogen) atoms. The van der Waals surface area contributed by atoms with Crippen molar-refractivity contribution in [3.8, 4) is 0 Å². The number of hydrogen-bond acceptors (Lipinski definition) is 4. The van der Waals surface area contributed by atoms with Gasteiger partial charge in [-0.15, -0.1) is 0 Å². The summed E-state index contributed by atoms with van der Waals surface area (Å²) < 4.78 is 0.196. The van der Waals surface area contributed by atoms with Crippen molar-refractivity contribution in [2.24, 2.45) is 10.7 Å². The van der Waals surface area contributed by atoms with Crippen LogP contribution in [0.2, 0.25) is 0 Å². The second kappa shape index (κ2) is 13.7. The monoisotopic (exact) mass is 363 g/mol. The second-order valence-corrected chi connectivity index (χ2v) is 7.21. The van der Waals surface area contributed by atoms with Crippen molar-refractivity contribution in [2.45, 2.75) is 77.6 Å². The molecule has 1 aliphatic heterocycles. The highest BCUT2D eigenvalue weighted by atomic mass is 16.4. The van der Waals surface area contributed by atoms with Gasteiger partial charge in [-0.2, -0.15) is 0 Å². The molecule has 1 unspecified atom stereocenters. The number of aliphatic imine (C=N–C) groups is 1. The minimum atomic E-state index is -1.07. The Labute approximate surface area is 159 Å². The lowest BCUT2D eigenvalue weighted by Crippen LogP contribution is -2.54. The lowest BCUT2D eigenvalue weighted by Gasteiger charge is -2.32. The van der Waals surface area contributed by atoms with Crippen molar-refractivity contribution in [3.05, 3.63) is 24.6 Å². The van der Waals surface area contributed by atoms with Crippen LogP contribution in [0, 0.1) is 0 Å². The summed E-state index contributed by atoms with van der Waals surface area (Å²) in [5.41, 5.74) is 5.66. The highest BCUT2D eigenvalue weighted by Crippen LogP contribution is 2.19. The fourth-order valence-corrected chi connectivity index (χ4v) is 3.45. The number of amidine groups is 1. The third kappa shape index (κ3) is 8.77. The first-order valence-electron chi connectivity index (χ1n) is 10.3. The van der Waals surface area contributed by atoms with Crippen LogP contribution in [0.1, 0.15) is 77.6 Å². The summed E-state index contributed by atoms with van der Waals surface area (Å²) in [5.74, 6) is -0.237. The third-order valence-electron chi connectivity index (χ3n) is 4.97. The van der Waals surface area contributed by atoms with E-state index in [1.54, 1.807) is 6.20 Å². The maximum atomic E-state index is 11.1. The molecule has 5 nitrogen and oxygen atoms in total. The lowest BCUT2D eigenvalue weighted by atomic mass is 10.1. The van der Waals surface area contributed by atoms with E-state index in [0.29, 0.717) is 19.5 Å². The predicted molar refractivity (Wildman–Crippen MR) is 106 cm³/mol. The van der Waals surface area contributed by atoms with Crippen molar-refractivity contribution in [1.29, 1.82) is 0 Å². The van der Waals surface area contributed by atoms with Gasteiger partial charge in [-0.05, 0) is 12.8 Å². The molecule has 0 aromatic heterocycles. The molecule has 2 N–H and O–H groups in total. The van der Waals surface area contributed by atoms with Gasteiger partial charge < -0.3 is 15.6 Å². The zero-order valence-electron chi connectivity index (χ0n) is 16.5. The number of rotatable bonds is 16. The molecule has 0 fully saturated rings. The normalized spacial score (nSPS) is 19.4. The average Bonchev–Trinajstić information content (AvgIpc) is 2.97. The number of allylic oxidation sites excluding steroid dienone is 1. The first-order chi connectivity index (χ1) is 12.6. The molecule has 0 spiro atoms. The number of nitrogens with two attached hydrogens (primary N) is 1. The zero-order valence-corrected chi connectivity index (χ0v) is 16.5. The summed E-state index contributed by atoms with van der Waals surface area (Å²) in [6.45, 7) is 3.11. The van der Waals surface area contributed by atoms with Crippen LogP contribution in [0.3, 0.4) is 0 Å². The van der Waals surface area contributed by atoms with Gasteiger partial charge in [-0.3, -0.25) is 0 Å². The molecule has 5 heteroatoms. The first-order valence-corrected chi connectivity index (χ1v) is 10.3. The van der Waals surface area contributed by atoms with Crippen molar-refractivity contribution in [3.63, 3.8) is 0 Å². The molecule has 0 aliphatic carbocycles. The number of carbonyl (C=O) groups excluding carboxylic acids is 1. The molecule has 0 saturated heterocycles. The molecule has 1 heterocycles. The van der Waals surface area contributed by atoms with Gasteiger partial charge in [0, 0.05) is 6.54 Å². The molecule has 0 amide bonds. The van der Waals surface area contributed by atoms with Gasteiger partial charge in [-0.1, -0.05) is 70.4 Å². The largest absolute Gasteiger partial charge is 0.544 e. The Kier molecular flexibility index (Phi) is 11.9. The van der Waals surface area contributed by atoms with Crippen LogP contribution in [-0.4, -0.2) is 35.9 Å². The second-order valence-electron chi connectivity index (χ2n) is 7.21. The van der Waals surface area contributed by atoms with Gasteiger partial charge in [0.05, 0.1) is 18.6 Å². The fraction of sp³-hybridized carbons (Fsp3) is 0.714. The molecular formula is C21H37N3O2. The number of carboxylic acid groups (broad SMARTS) is 1. The van der Waals surface area contributed by atoms with Crippen molar-refractivity contribution < 1.29 is 14.4 Å². The van der Waals surface area contributed by atoms with Crippen LogP contribution < -0.4 is 10.8 Å². The van der Waals surface area contributed by atoms with Crippen molar-refractivity contribution in [1.82, 2.24) is 0 Å². The smallest absolute Gasteiger partial charge is 0.211 e. The van der Waals surface area contributed by atoms with E-state index in [4.69, 9.17) is 5.73 Å². The van der Waals surface area contributed by atoms with E-state index in [1.807, 2.05) is 6.20 Å². The number of carbonyl (C=O) groups is 1. The van der Waals surface area contributed by atoms with Crippen LogP contribution >= 0.6 is 0 Å². The van der Waals surface area contributed by atoms with Gasteiger partial charge in [0.25, 0.3) is 0 Å². The van der Waals surface area contributed by atoms with E-state index in [1.165, 1.54) is 57.8 Å². The molecule has 0 aromatic rings. The summed E-state index contributed by atoms with van der Waals surface area (Å²) in [6.07, 6.45) is 21.6. The molecule has 148 valence electrons. The quantitative estimate of drug-likeness (QED) is 0.260. The molecule has 0 radical (unpaired) electrons. The van der Waals surface area contributed by atoms with Gasteiger partial charge >= 0.3 is 0 Å². The Bertz CT molecular complexity index is 486. The molecule has 0 saturated carbocycles. The number of hydrogen-bond donors (Lipinski definition) is 1. The third-order valence-corrected chi connectivity index (χ3v) is 4.97. The van der Waals surface area contributed by atoms with Gasteiger partial charge in [0.2, 0.25) is 5.84 Å². The van der Waals surface area contributed by atoms with E-state index < -0.39 is 5.97 Å². The van der Waals surface area contributed by atoms with E-state index in [2.05, 4.69) is 24.1 Å². The summed E-state index contributed by atoms with van der Waals surface area (Å²) in [7, 11) is 0. The maximum absolute atomic E-state index is 11.1. The molecule has 1 atom stereocenters. The minimum Gasteiger partial charge on any atom is -0.544 e. The van der Waals surface area contributed by atoms with Crippen molar-refractivity contribution >= 4 is 11.8 Å². The van der Waals surface area contributed by atoms with Crippen molar-refractivity contribution in [2.75, 3.05) is 19.6 Å². The van der Waals surface area contributed by atoms with Gasteiger partial charge in [0.15, 0.2) is 0 Å². The molecule has 0 bridgehead atoms. The average molecular weight is 364 g/mol. The first kappa shape index (κ1) is 22.6. The van der Waals surface area contributed by atoms with E-state index in [9.17, 15) is 9.90 Å². The SMILES string of the molecule is CCCCCCCCCCC/C=C/CC1=NC=C[N+]1(CCN)CC(=O)[O-].